The summed E-state index contributed by atoms with van der Waals surface area (Å²) in [5, 5.41) is 14.9. The molecule has 1 aromatic carbocycles. The molecule has 1 aliphatic rings. The molecule has 0 aliphatic heterocycles. The summed E-state index contributed by atoms with van der Waals surface area (Å²) in [6.45, 7) is 0.380. The van der Waals surface area contributed by atoms with Crippen molar-refractivity contribution < 1.29 is 14.7 Å². The van der Waals surface area contributed by atoms with Gasteiger partial charge >= 0.3 is 5.97 Å². The number of anilines is 1. The summed E-state index contributed by atoms with van der Waals surface area (Å²) >= 11 is 0. The predicted molar refractivity (Wildman–Crippen MR) is 71.9 cm³/mol. The lowest BCUT2D eigenvalue weighted by Gasteiger charge is -2.38. The molecule has 19 heavy (non-hydrogen) atoms. The number of hydrogen-bond acceptors (Lipinski definition) is 3. The summed E-state index contributed by atoms with van der Waals surface area (Å²) in [7, 11) is 0. The number of nitrogens with one attached hydrogen (secondary N) is 2. The van der Waals surface area contributed by atoms with Crippen LogP contribution in [0.5, 0.6) is 0 Å². The van der Waals surface area contributed by atoms with E-state index in [-0.39, 0.29) is 12.3 Å². The van der Waals surface area contributed by atoms with Gasteiger partial charge in [0.25, 0.3) is 0 Å². The van der Waals surface area contributed by atoms with Crippen LogP contribution in [0.2, 0.25) is 0 Å². The number of benzene rings is 1. The Balaban J connectivity index is 1.74. The minimum absolute atomic E-state index is 0.112. The molecule has 0 radical (unpaired) electrons. The van der Waals surface area contributed by atoms with E-state index in [2.05, 4.69) is 10.6 Å². The molecule has 0 aromatic heterocycles. The van der Waals surface area contributed by atoms with E-state index in [1.54, 1.807) is 0 Å². The molecule has 1 saturated carbocycles. The number of carbonyl (C=O) groups is 2. The molecular formula is C14H18N2O3. The number of hydrogen-bond donors (Lipinski definition) is 3. The molecule has 5 nitrogen and oxygen atoms in total. The van der Waals surface area contributed by atoms with Crippen molar-refractivity contribution in [3.05, 3.63) is 30.3 Å². The van der Waals surface area contributed by atoms with E-state index >= 15 is 0 Å². The summed E-state index contributed by atoms with van der Waals surface area (Å²) in [5.41, 5.74) is -0.0448. The van der Waals surface area contributed by atoms with Crippen molar-refractivity contribution in [2.24, 2.45) is 0 Å². The molecular weight excluding hydrogens is 244 g/mol. The van der Waals surface area contributed by atoms with Gasteiger partial charge in [-0.05, 0) is 31.4 Å². The Morgan fingerprint density at radius 3 is 2.42 bits per heavy atom. The van der Waals surface area contributed by atoms with Gasteiger partial charge in [0.05, 0.1) is 0 Å². The number of para-hydroxylation sites is 1. The van der Waals surface area contributed by atoms with Crippen LogP contribution in [0.4, 0.5) is 5.69 Å². The first kappa shape index (κ1) is 13.5. The van der Waals surface area contributed by atoms with E-state index < -0.39 is 11.5 Å². The third-order valence-electron chi connectivity index (χ3n) is 3.49. The third-order valence-corrected chi connectivity index (χ3v) is 3.49. The van der Waals surface area contributed by atoms with Crippen LogP contribution in [-0.2, 0) is 9.59 Å². The molecule has 0 saturated heterocycles. The highest BCUT2D eigenvalue weighted by Gasteiger charge is 2.43. The molecule has 2 rings (SSSR count). The maximum absolute atomic E-state index is 11.7. The summed E-state index contributed by atoms with van der Waals surface area (Å²) < 4.78 is 0. The van der Waals surface area contributed by atoms with E-state index in [1.165, 1.54) is 0 Å². The van der Waals surface area contributed by atoms with Crippen molar-refractivity contribution in [3.63, 3.8) is 0 Å². The fraction of sp³-hybridized carbons (Fsp3) is 0.429. The van der Waals surface area contributed by atoms with Crippen LogP contribution in [0, 0.1) is 0 Å². The standard InChI is InChI=1S/C14H18N2O3/c17-12(16-11-5-2-1-3-6-11)7-10-15-14(13(18)19)8-4-9-14/h1-3,5-6,15H,4,7-10H2,(H,16,17)(H,18,19). The monoisotopic (exact) mass is 262 g/mol. The average molecular weight is 262 g/mol. The minimum Gasteiger partial charge on any atom is -0.480 e. The van der Waals surface area contributed by atoms with E-state index in [4.69, 9.17) is 5.11 Å². The van der Waals surface area contributed by atoms with Gasteiger partial charge in [-0.15, -0.1) is 0 Å². The highest BCUT2D eigenvalue weighted by molar-refractivity contribution is 5.90. The van der Waals surface area contributed by atoms with E-state index in [9.17, 15) is 9.59 Å². The zero-order valence-electron chi connectivity index (χ0n) is 10.7. The lowest BCUT2D eigenvalue weighted by molar-refractivity contribution is -0.149. The maximum atomic E-state index is 11.7. The smallest absolute Gasteiger partial charge is 0.323 e. The Kier molecular flexibility index (Phi) is 4.16. The van der Waals surface area contributed by atoms with Crippen molar-refractivity contribution in [2.45, 2.75) is 31.2 Å². The SMILES string of the molecule is O=C(CCNC1(C(=O)O)CCC1)Nc1ccccc1. The topological polar surface area (TPSA) is 78.4 Å². The molecule has 1 aliphatic carbocycles. The summed E-state index contributed by atoms with van der Waals surface area (Å²) in [5.74, 6) is -0.930. The van der Waals surface area contributed by atoms with Crippen LogP contribution in [0.1, 0.15) is 25.7 Å². The number of amides is 1. The highest BCUT2D eigenvalue weighted by Crippen LogP contribution is 2.31. The van der Waals surface area contributed by atoms with Crippen LogP contribution in [0.3, 0.4) is 0 Å². The number of carboxylic acids is 1. The molecule has 0 unspecified atom stereocenters. The van der Waals surface area contributed by atoms with Gasteiger partial charge < -0.3 is 15.7 Å². The average Bonchev–Trinajstić information content (AvgIpc) is 2.33. The lowest BCUT2D eigenvalue weighted by atomic mass is 9.77. The molecule has 0 heterocycles. The Labute approximate surface area is 112 Å². The Morgan fingerprint density at radius 1 is 1.21 bits per heavy atom. The minimum atomic E-state index is -0.817. The first-order chi connectivity index (χ1) is 9.12. The van der Waals surface area contributed by atoms with E-state index in [0.29, 0.717) is 19.4 Å². The van der Waals surface area contributed by atoms with Crippen molar-refractivity contribution >= 4 is 17.6 Å². The highest BCUT2D eigenvalue weighted by atomic mass is 16.4. The molecule has 1 fully saturated rings. The number of aliphatic carboxylic acids is 1. The van der Waals surface area contributed by atoms with Gasteiger partial charge in [0.15, 0.2) is 0 Å². The van der Waals surface area contributed by atoms with Crippen LogP contribution in [-0.4, -0.2) is 29.1 Å². The zero-order chi connectivity index (χ0) is 13.7. The lowest BCUT2D eigenvalue weighted by Crippen LogP contribution is -2.57. The number of carbonyl (C=O) groups excluding carboxylic acids is 1. The van der Waals surface area contributed by atoms with Gasteiger partial charge in [-0.2, -0.15) is 0 Å². The predicted octanol–water partition coefficient (Wildman–Crippen LogP) is 1.61. The number of rotatable bonds is 6. The Bertz CT molecular complexity index is 455. The fourth-order valence-electron chi connectivity index (χ4n) is 2.16. The van der Waals surface area contributed by atoms with Gasteiger partial charge in [-0.25, -0.2) is 0 Å². The summed E-state index contributed by atoms with van der Waals surface area (Å²) in [4.78, 5) is 22.8. The first-order valence-corrected chi connectivity index (χ1v) is 6.46. The molecule has 5 heteroatoms. The van der Waals surface area contributed by atoms with Gasteiger partial charge in [0.1, 0.15) is 5.54 Å². The normalized spacial score (nSPS) is 16.4. The number of carboxylic acid groups (broad SMARTS) is 1. The van der Waals surface area contributed by atoms with Crippen molar-refractivity contribution in [3.8, 4) is 0 Å². The van der Waals surface area contributed by atoms with Crippen LogP contribution >= 0.6 is 0 Å². The van der Waals surface area contributed by atoms with Crippen LogP contribution in [0.25, 0.3) is 0 Å². The van der Waals surface area contributed by atoms with Gasteiger partial charge in [0, 0.05) is 18.7 Å². The van der Waals surface area contributed by atoms with E-state index in [1.807, 2.05) is 30.3 Å². The second kappa shape index (κ2) is 5.84. The molecule has 3 N–H and O–H groups in total. The quantitative estimate of drug-likeness (QED) is 0.728. The Morgan fingerprint density at radius 2 is 1.89 bits per heavy atom. The van der Waals surface area contributed by atoms with Crippen molar-refractivity contribution in [2.75, 3.05) is 11.9 Å². The van der Waals surface area contributed by atoms with Gasteiger partial charge in [-0.1, -0.05) is 18.2 Å². The molecule has 102 valence electrons. The molecule has 0 atom stereocenters. The molecule has 1 amide bonds. The van der Waals surface area contributed by atoms with Crippen LogP contribution in [0.15, 0.2) is 30.3 Å². The second-order valence-corrected chi connectivity index (χ2v) is 4.83. The summed E-state index contributed by atoms with van der Waals surface area (Å²) in [6, 6.07) is 9.21. The van der Waals surface area contributed by atoms with Gasteiger partial charge in [-0.3, -0.25) is 9.59 Å². The maximum Gasteiger partial charge on any atom is 0.323 e. The first-order valence-electron chi connectivity index (χ1n) is 6.46. The molecule has 0 spiro atoms. The molecule has 0 bridgehead atoms. The molecule has 1 aromatic rings. The Hall–Kier alpha value is -1.88. The second-order valence-electron chi connectivity index (χ2n) is 4.83. The van der Waals surface area contributed by atoms with Crippen molar-refractivity contribution in [1.29, 1.82) is 0 Å². The summed E-state index contributed by atoms with van der Waals surface area (Å²) in [6.07, 6.45) is 2.48. The third kappa shape index (κ3) is 3.32. The fourth-order valence-corrected chi connectivity index (χ4v) is 2.16. The van der Waals surface area contributed by atoms with Gasteiger partial charge in [0.2, 0.25) is 5.91 Å². The van der Waals surface area contributed by atoms with E-state index in [0.717, 1.165) is 12.1 Å². The van der Waals surface area contributed by atoms with Crippen LogP contribution < -0.4 is 10.6 Å². The van der Waals surface area contributed by atoms with Crippen molar-refractivity contribution in [1.82, 2.24) is 5.32 Å². The largest absolute Gasteiger partial charge is 0.480 e. The zero-order valence-corrected chi connectivity index (χ0v) is 10.7.